The van der Waals surface area contributed by atoms with E-state index in [1.165, 1.54) is 12.8 Å². The van der Waals surface area contributed by atoms with E-state index in [0.717, 1.165) is 30.9 Å². The van der Waals surface area contributed by atoms with Gasteiger partial charge in [0.25, 0.3) is 0 Å². The molecule has 0 spiro atoms. The van der Waals surface area contributed by atoms with Crippen molar-refractivity contribution in [2.75, 3.05) is 20.3 Å². The van der Waals surface area contributed by atoms with Gasteiger partial charge in [-0.3, -0.25) is 0 Å². The minimum absolute atomic E-state index is 0.489. The highest BCUT2D eigenvalue weighted by Crippen LogP contribution is 2.42. The summed E-state index contributed by atoms with van der Waals surface area (Å²) in [4.78, 5) is 0. The summed E-state index contributed by atoms with van der Waals surface area (Å²) in [5.74, 6) is 2.64. The molecule has 0 aromatic carbocycles. The lowest BCUT2D eigenvalue weighted by atomic mass is 9.93. The lowest BCUT2D eigenvalue weighted by Gasteiger charge is -2.21. The van der Waals surface area contributed by atoms with Crippen LogP contribution < -0.4 is 5.32 Å². The summed E-state index contributed by atoms with van der Waals surface area (Å²) in [5, 5.41) is 3.55. The standard InChI is InChI=1S/C12H21NO/c1-9(8-14-2)13-7-12-6-10-3-4-11(12)5-10/h3-4,9-13H,5-8H2,1-2H3/t9-,10-,11-,12-/m0/s1. The van der Waals surface area contributed by atoms with Crippen LogP contribution in [-0.2, 0) is 4.74 Å². The molecule has 0 radical (unpaired) electrons. The Morgan fingerprint density at radius 2 is 2.29 bits per heavy atom. The average molecular weight is 195 g/mol. The molecule has 80 valence electrons. The molecule has 0 aromatic heterocycles. The molecule has 2 aliphatic carbocycles. The van der Waals surface area contributed by atoms with Gasteiger partial charge in [-0.25, -0.2) is 0 Å². The van der Waals surface area contributed by atoms with Crippen molar-refractivity contribution in [1.82, 2.24) is 5.32 Å². The van der Waals surface area contributed by atoms with E-state index >= 15 is 0 Å². The van der Waals surface area contributed by atoms with Crippen LogP contribution in [0.4, 0.5) is 0 Å². The van der Waals surface area contributed by atoms with Crippen LogP contribution in [0.1, 0.15) is 19.8 Å². The summed E-state index contributed by atoms with van der Waals surface area (Å²) >= 11 is 0. The van der Waals surface area contributed by atoms with Gasteiger partial charge in [-0.1, -0.05) is 12.2 Å². The van der Waals surface area contributed by atoms with Crippen LogP contribution in [0.25, 0.3) is 0 Å². The number of nitrogens with one attached hydrogen (secondary N) is 1. The van der Waals surface area contributed by atoms with Gasteiger partial charge in [-0.15, -0.1) is 0 Å². The van der Waals surface area contributed by atoms with Crippen LogP contribution in [0.3, 0.4) is 0 Å². The molecule has 0 unspecified atom stereocenters. The highest BCUT2D eigenvalue weighted by atomic mass is 16.5. The smallest absolute Gasteiger partial charge is 0.0613 e. The van der Waals surface area contributed by atoms with E-state index in [0.29, 0.717) is 6.04 Å². The van der Waals surface area contributed by atoms with Crippen LogP contribution >= 0.6 is 0 Å². The fraction of sp³-hybridized carbons (Fsp3) is 0.833. The van der Waals surface area contributed by atoms with E-state index in [9.17, 15) is 0 Å². The Kier molecular flexibility index (Phi) is 3.24. The molecule has 1 saturated carbocycles. The van der Waals surface area contributed by atoms with E-state index in [4.69, 9.17) is 4.74 Å². The lowest BCUT2D eigenvalue weighted by molar-refractivity contribution is 0.169. The van der Waals surface area contributed by atoms with Crippen LogP contribution in [0, 0.1) is 17.8 Å². The summed E-state index contributed by atoms with van der Waals surface area (Å²) in [6.07, 6.45) is 7.63. The molecule has 0 aromatic rings. The predicted molar refractivity (Wildman–Crippen MR) is 58.2 cm³/mol. The van der Waals surface area contributed by atoms with E-state index in [2.05, 4.69) is 24.4 Å². The topological polar surface area (TPSA) is 21.3 Å². The molecular formula is C12H21NO. The molecule has 14 heavy (non-hydrogen) atoms. The molecule has 1 N–H and O–H groups in total. The van der Waals surface area contributed by atoms with Crippen molar-refractivity contribution >= 4 is 0 Å². The fourth-order valence-electron chi connectivity index (χ4n) is 2.79. The number of rotatable bonds is 5. The van der Waals surface area contributed by atoms with Gasteiger partial charge in [0.2, 0.25) is 0 Å². The Morgan fingerprint density at radius 1 is 1.43 bits per heavy atom. The van der Waals surface area contributed by atoms with E-state index in [-0.39, 0.29) is 0 Å². The number of allylic oxidation sites excluding steroid dienone is 2. The molecular weight excluding hydrogens is 174 g/mol. The zero-order chi connectivity index (χ0) is 9.97. The van der Waals surface area contributed by atoms with E-state index in [1.807, 2.05) is 0 Å². The second kappa shape index (κ2) is 4.45. The molecule has 2 rings (SSSR count). The first kappa shape index (κ1) is 10.2. The lowest BCUT2D eigenvalue weighted by Crippen LogP contribution is -2.35. The van der Waals surface area contributed by atoms with Gasteiger partial charge in [-0.2, -0.15) is 0 Å². The van der Waals surface area contributed by atoms with E-state index < -0.39 is 0 Å². The zero-order valence-corrected chi connectivity index (χ0v) is 9.20. The monoisotopic (exact) mass is 195 g/mol. The van der Waals surface area contributed by atoms with Gasteiger partial charge < -0.3 is 10.1 Å². The van der Waals surface area contributed by atoms with Crippen molar-refractivity contribution in [2.24, 2.45) is 17.8 Å². The van der Waals surface area contributed by atoms with Gasteiger partial charge in [0.15, 0.2) is 0 Å². The zero-order valence-electron chi connectivity index (χ0n) is 9.20. The average Bonchev–Trinajstić information content (AvgIpc) is 2.76. The maximum Gasteiger partial charge on any atom is 0.0613 e. The van der Waals surface area contributed by atoms with Gasteiger partial charge >= 0.3 is 0 Å². The Labute approximate surface area is 86.7 Å². The number of ether oxygens (including phenoxy) is 1. The molecule has 0 aliphatic heterocycles. The quantitative estimate of drug-likeness (QED) is 0.676. The Hall–Kier alpha value is -0.340. The van der Waals surface area contributed by atoms with Crippen molar-refractivity contribution in [3.8, 4) is 0 Å². The normalized spacial score (nSPS) is 36.6. The number of methoxy groups -OCH3 is 1. The highest BCUT2D eigenvalue weighted by Gasteiger charge is 2.35. The highest BCUT2D eigenvalue weighted by molar-refractivity contribution is 5.10. The van der Waals surface area contributed by atoms with Crippen LogP contribution in [0.15, 0.2) is 12.2 Å². The van der Waals surface area contributed by atoms with Crippen LogP contribution in [0.2, 0.25) is 0 Å². The number of hydrogen-bond donors (Lipinski definition) is 1. The van der Waals surface area contributed by atoms with Crippen LogP contribution in [0.5, 0.6) is 0 Å². The third-order valence-electron chi connectivity index (χ3n) is 3.56. The molecule has 2 heteroatoms. The third-order valence-corrected chi connectivity index (χ3v) is 3.56. The predicted octanol–water partition coefficient (Wildman–Crippen LogP) is 1.82. The van der Waals surface area contributed by atoms with Gasteiger partial charge in [0.05, 0.1) is 6.61 Å². The molecule has 0 saturated heterocycles. The maximum atomic E-state index is 5.10. The number of fused-ring (bicyclic) bond motifs is 2. The summed E-state index contributed by atoms with van der Waals surface area (Å²) in [6.45, 7) is 4.17. The van der Waals surface area contributed by atoms with Gasteiger partial charge in [0.1, 0.15) is 0 Å². The first-order valence-corrected chi connectivity index (χ1v) is 5.70. The third kappa shape index (κ3) is 2.18. The minimum atomic E-state index is 0.489. The fourth-order valence-corrected chi connectivity index (χ4v) is 2.79. The molecule has 2 aliphatic rings. The van der Waals surface area contributed by atoms with Crippen molar-refractivity contribution in [3.05, 3.63) is 12.2 Å². The van der Waals surface area contributed by atoms with Crippen molar-refractivity contribution in [3.63, 3.8) is 0 Å². The first-order chi connectivity index (χ1) is 6.79. The summed E-state index contributed by atoms with van der Waals surface area (Å²) in [5.41, 5.74) is 0. The Bertz CT molecular complexity index is 214. The summed E-state index contributed by atoms with van der Waals surface area (Å²) < 4.78 is 5.10. The second-order valence-corrected chi connectivity index (χ2v) is 4.80. The molecule has 2 nitrogen and oxygen atoms in total. The number of hydrogen-bond acceptors (Lipinski definition) is 2. The van der Waals surface area contributed by atoms with Crippen LogP contribution in [-0.4, -0.2) is 26.3 Å². The Morgan fingerprint density at radius 3 is 2.86 bits per heavy atom. The van der Waals surface area contributed by atoms with Gasteiger partial charge in [0, 0.05) is 13.2 Å². The minimum Gasteiger partial charge on any atom is -0.383 e. The first-order valence-electron chi connectivity index (χ1n) is 5.70. The largest absolute Gasteiger partial charge is 0.383 e. The van der Waals surface area contributed by atoms with Crippen molar-refractivity contribution in [2.45, 2.75) is 25.8 Å². The van der Waals surface area contributed by atoms with Crippen molar-refractivity contribution < 1.29 is 4.74 Å². The molecule has 2 bridgehead atoms. The molecule has 0 amide bonds. The summed E-state index contributed by atoms with van der Waals surface area (Å²) in [7, 11) is 1.76. The second-order valence-electron chi connectivity index (χ2n) is 4.80. The molecule has 1 fully saturated rings. The Balaban J connectivity index is 1.69. The molecule has 4 atom stereocenters. The van der Waals surface area contributed by atoms with E-state index in [1.54, 1.807) is 7.11 Å². The SMILES string of the molecule is COC[C@H](C)NC[C@@H]1C[C@H]2C=C[C@H]1C2. The molecule has 0 heterocycles. The van der Waals surface area contributed by atoms with Gasteiger partial charge in [-0.05, 0) is 44.1 Å². The van der Waals surface area contributed by atoms with Crippen molar-refractivity contribution in [1.29, 1.82) is 0 Å². The summed E-state index contributed by atoms with van der Waals surface area (Å²) in [6, 6.07) is 0.489. The maximum absolute atomic E-state index is 5.10.